The molecule has 0 spiro atoms. The average molecular weight is 280 g/mol. The SMILES string of the molecule is C=Cc1c(Cl)nc2ccc(C)cc2c1-c1ccccc1. The van der Waals surface area contributed by atoms with E-state index in [2.05, 4.69) is 36.7 Å². The van der Waals surface area contributed by atoms with Crippen LogP contribution in [0.2, 0.25) is 5.15 Å². The second-order valence-corrected chi connectivity index (χ2v) is 5.14. The van der Waals surface area contributed by atoms with Gasteiger partial charge in [-0.3, -0.25) is 0 Å². The van der Waals surface area contributed by atoms with E-state index in [1.165, 1.54) is 5.56 Å². The predicted molar refractivity (Wildman–Crippen MR) is 87.0 cm³/mol. The summed E-state index contributed by atoms with van der Waals surface area (Å²) in [6.45, 7) is 5.96. The van der Waals surface area contributed by atoms with Crippen LogP contribution in [0.25, 0.3) is 28.1 Å². The molecular weight excluding hydrogens is 266 g/mol. The first kappa shape index (κ1) is 12.9. The molecule has 0 fully saturated rings. The van der Waals surface area contributed by atoms with Crippen LogP contribution in [0, 0.1) is 6.92 Å². The first-order chi connectivity index (χ1) is 9.70. The van der Waals surface area contributed by atoms with Gasteiger partial charge in [0.25, 0.3) is 0 Å². The van der Waals surface area contributed by atoms with Crippen molar-refractivity contribution in [3.05, 3.63) is 71.4 Å². The van der Waals surface area contributed by atoms with Crippen LogP contribution < -0.4 is 0 Å². The monoisotopic (exact) mass is 279 g/mol. The highest BCUT2D eigenvalue weighted by Crippen LogP contribution is 2.35. The normalized spacial score (nSPS) is 10.7. The van der Waals surface area contributed by atoms with Crippen molar-refractivity contribution in [3.8, 4) is 11.1 Å². The molecule has 20 heavy (non-hydrogen) atoms. The van der Waals surface area contributed by atoms with Gasteiger partial charge in [-0.25, -0.2) is 4.98 Å². The lowest BCUT2D eigenvalue weighted by molar-refractivity contribution is 1.38. The molecule has 0 aliphatic heterocycles. The van der Waals surface area contributed by atoms with Crippen LogP contribution in [-0.4, -0.2) is 4.98 Å². The molecule has 0 N–H and O–H groups in total. The smallest absolute Gasteiger partial charge is 0.137 e. The van der Waals surface area contributed by atoms with Crippen LogP contribution in [0.1, 0.15) is 11.1 Å². The Bertz CT molecular complexity index is 791. The Morgan fingerprint density at radius 1 is 1.10 bits per heavy atom. The van der Waals surface area contributed by atoms with Crippen molar-refractivity contribution >= 4 is 28.6 Å². The topological polar surface area (TPSA) is 12.9 Å². The quantitative estimate of drug-likeness (QED) is 0.564. The highest BCUT2D eigenvalue weighted by Gasteiger charge is 2.13. The van der Waals surface area contributed by atoms with E-state index in [0.29, 0.717) is 5.15 Å². The maximum absolute atomic E-state index is 6.32. The van der Waals surface area contributed by atoms with Gasteiger partial charge in [0.2, 0.25) is 0 Å². The average Bonchev–Trinajstić information content (AvgIpc) is 2.47. The summed E-state index contributed by atoms with van der Waals surface area (Å²) in [6, 6.07) is 16.4. The van der Waals surface area contributed by atoms with Crippen molar-refractivity contribution in [1.82, 2.24) is 4.98 Å². The third-order valence-corrected chi connectivity index (χ3v) is 3.69. The van der Waals surface area contributed by atoms with E-state index < -0.39 is 0 Å². The number of hydrogen-bond acceptors (Lipinski definition) is 1. The lowest BCUT2D eigenvalue weighted by Crippen LogP contribution is -1.92. The van der Waals surface area contributed by atoms with E-state index in [0.717, 1.165) is 27.6 Å². The van der Waals surface area contributed by atoms with Crippen LogP contribution in [0.5, 0.6) is 0 Å². The molecule has 0 bridgehead atoms. The number of fused-ring (bicyclic) bond motifs is 1. The number of hydrogen-bond donors (Lipinski definition) is 0. The van der Waals surface area contributed by atoms with Crippen molar-refractivity contribution < 1.29 is 0 Å². The molecule has 1 nitrogen and oxygen atoms in total. The second-order valence-electron chi connectivity index (χ2n) is 4.78. The van der Waals surface area contributed by atoms with Gasteiger partial charge in [0.15, 0.2) is 0 Å². The standard InChI is InChI=1S/C18H14ClN/c1-3-14-17(13-7-5-4-6-8-13)15-11-12(2)9-10-16(15)20-18(14)19/h3-11H,1H2,2H3. The van der Waals surface area contributed by atoms with Gasteiger partial charge >= 0.3 is 0 Å². The van der Waals surface area contributed by atoms with E-state index in [4.69, 9.17) is 11.6 Å². The Morgan fingerprint density at radius 2 is 1.85 bits per heavy atom. The van der Waals surface area contributed by atoms with Crippen LogP contribution >= 0.6 is 11.6 Å². The molecule has 0 saturated carbocycles. The molecular formula is C18H14ClN. The van der Waals surface area contributed by atoms with Crippen LogP contribution in [-0.2, 0) is 0 Å². The van der Waals surface area contributed by atoms with E-state index in [-0.39, 0.29) is 0 Å². The first-order valence-corrected chi connectivity index (χ1v) is 6.86. The highest BCUT2D eigenvalue weighted by atomic mass is 35.5. The zero-order chi connectivity index (χ0) is 14.1. The molecule has 0 unspecified atom stereocenters. The van der Waals surface area contributed by atoms with Crippen molar-refractivity contribution in [2.75, 3.05) is 0 Å². The van der Waals surface area contributed by atoms with Gasteiger partial charge in [-0.1, -0.05) is 66.2 Å². The minimum absolute atomic E-state index is 0.496. The second kappa shape index (κ2) is 5.10. The number of aryl methyl sites for hydroxylation is 1. The van der Waals surface area contributed by atoms with Crippen molar-refractivity contribution in [2.24, 2.45) is 0 Å². The van der Waals surface area contributed by atoms with Crippen molar-refractivity contribution in [3.63, 3.8) is 0 Å². The van der Waals surface area contributed by atoms with Gasteiger partial charge in [0.05, 0.1) is 5.52 Å². The van der Waals surface area contributed by atoms with E-state index >= 15 is 0 Å². The Morgan fingerprint density at radius 3 is 2.55 bits per heavy atom. The first-order valence-electron chi connectivity index (χ1n) is 6.48. The summed E-state index contributed by atoms with van der Waals surface area (Å²) in [5.41, 5.74) is 5.22. The fraction of sp³-hybridized carbons (Fsp3) is 0.0556. The maximum atomic E-state index is 6.32. The van der Waals surface area contributed by atoms with Crippen molar-refractivity contribution in [2.45, 2.75) is 6.92 Å². The van der Waals surface area contributed by atoms with Gasteiger partial charge in [0.1, 0.15) is 5.15 Å². The van der Waals surface area contributed by atoms with E-state index in [1.54, 1.807) is 6.08 Å². The Balaban J connectivity index is 2.48. The zero-order valence-corrected chi connectivity index (χ0v) is 12.0. The minimum Gasteiger partial charge on any atom is -0.235 e. The lowest BCUT2D eigenvalue weighted by Gasteiger charge is -2.12. The van der Waals surface area contributed by atoms with Crippen LogP contribution in [0.3, 0.4) is 0 Å². The number of aromatic nitrogens is 1. The largest absolute Gasteiger partial charge is 0.235 e. The molecule has 3 aromatic rings. The van der Waals surface area contributed by atoms with E-state index in [1.807, 2.05) is 30.3 Å². The van der Waals surface area contributed by atoms with Crippen LogP contribution in [0.15, 0.2) is 55.1 Å². The molecule has 0 saturated heterocycles. The fourth-order valence-corrected chi connectivity index (χ4v) is 2.73. The molecule has 0 aliphatic rings. The molecule has 2 heteroatoms. The number of pyridine rings is 1. The Hall–Kier alpha value is -2.12. The van der Waals surface area contributed by atoms with Crippen LogP contribution in [0.4, 0.5) is 0 Å². The number of nitrogens with zero attached hydrogens (tertiary/aromatic N) is 1. The van der Waals surface area contributed by atoms with Gasteiger partial charge in [0, 0.05) is 16.5 Å². The summed E-state index contributed by atoms with van der Waals surface area (Å²) in [7, 11) is 0. The number of benzene rings is 2. The number of halogens is 1. The van der Waals surface area contributed by atoms with E-state index in [9.17, 15) is 0 Å². The molecule has 0 atom stereocenters. The zero-order valence-electron chi connectivity index (χ0n) is 11.2. The Kier molecular flexibility index (Phi) is 3.29. The summed E-state index contributed by atoms with van der Waals surface area (Å²) in [6.07, 6.45) is 1.78. The minimum atomic E-state index is 0.496. The third kappa shape index (κ3) is 2.10. The molecule has 98 valence electrons. The summed E-state index contributed by atoms with van der Waals surface area (Å²) < 4.78 is 0. The van der Waals surface area contributed by atoms with Gasteiger partial charge in [-0.2, -0.15) is 0 Å². The molecule has 3 rings (SSSR count). The molecule has 0 amide bonds. The fourth-order valence-electron chi connectivity index (χ4n) is 2.46. The summed E-state index contributed by atoms with van der Waals surface area (Å²) in [5, 5.41) is 1.60. The lowest BCUT2D eigenvalue weighted by atomic mass is 9.95. The highest BCUT2D eigenvalue weighted by molar-refractivity contribution is 6.32. The predicted octanol–water partition coefficient (Wildman–Crippen LogP) is 5.51. The summed E-state index contributed by atoms with van der Waals surface area (Å²) in [4.78, 5) is 4.47. The molecule has 2 aromatic carbocycles. The van der Waals surface area contributed by atoms with Crippen molar-refractivity contribution in [1.29, 1.82) is 0 Å². The summed E-state index contributed by atoms with van der Waals surface area (Å²) >= 11 is 6.32. The molecule has 1 heterocycles. The molecule has 0 radical (unpaired) electrons. The maximum Gasteiger partial charge on any atom is 0.137 e. The summed E-state index contributed by atoms with van der Waals surface area (Å²) in [5.74, 6) is 0. The third-order valence-electron chi connectivity index (χ3n) is 3.40. The Labute approximate surface area is 123 Å². The molecule has 0 aliphatic carbocycles. The van der Waals surface area contributed by atoms with Gasteiger partial charge in [-0.15, -0.1) is 0 Å². The molecule has 1 aromatic heterocycles. The van der Waals surface area contributed by atoms with Gasteiger partial charge < -0.3 is 0 Å². The number of rotatable bonds is 2. The van der Waals surface area contributed by atoms with Gasteiger partial charge in [-0.05, 0) is 24.6 Å².